The summed E-state index contributed by atoms with van der Waals surface area (Å²) in [6.45, 7) is 45.1. The quantitative estimate of drug-likeness (QED) is 0.0489. The van der Waals surface area contributed by atoms with Crippen LogP contribution in [-0.2, 0) is 20.9 Å². The predicted molar refractivity (Wildman–Crippen MR) is 469 cm³/mol. The highest BCUT2D eigenvalue weighted by molar-refractivity contribution is 7.85. The van der Waals surface area contributed by atoms with Gasteiger partial charge in [-0.3, -0.25) is 0 Å². The zero-order chi connectivity index (χ0) is 80.1. The topological polar surface area (TPSA) is 102 Å². The van der Waals surface area contributed by atoms with E-state index in [1.165, 1.54) is 168 Å². The normalized spacial score (nSPS) is 13.9. The lowest BCUT2D eigenvalue weighted by Crippen LogP contribution is -2.27. The number of benzene rings is 8. The molecule has 3 aliphatic rings. The zero-order valence-electron chi connectivity index (χ0n) is 70.8. The fourth-order valence-electron chi connectivity index (χ4n) is 12.4. The summed E-state index contributed by atoms with van der Waals surface area (Å²) in [5.41, 5.74) is 13.3. The molecule has 0 fully saturated rings. The maximum Gasteiger partial charge on any atom is 0.210 e. The van der Waals surface area contributed by atoms with Crippen molar-refractivity contribution in [1.29, 1.82) is 0 Å². The third-order valence-corrected chi connectivity index (χ3v) is 18.5. The molecule has 0 aromatic heterocycles. The molecule has 0 unspecified atom stereocenters. The van der Waals surface area contributed by atoms with Crippen molar-refractivity contribution >= 4 is 48.7 Å². The van der Waals surface area contributed by atoms with Gasteiger partial charge in [0.1, 0.15) is 34.4 Å². The second kappa shape index (κ2) is 56.3. The van der Waals surface area contributed by atoms with Crippen LogP contribution in [0, 0.1) is 6.92 Å². The van der Waals surface area contributed by atoms with Crippen molar-refractivity contribution in [3.05, 3.63) is 251 Å². The van der Waals surface area contributed by atoms with Crippen LogP contribution in [0.2, 0.25) is 0 Å². The largest absolute Gasteiger partial charge is 0.744 e. The Labute approximate surface area is 654 Å². The number of ether oxygens (including phenoxy) is 2. The second-order valence-corrected chi connectivity index (χ2v) is 29.5. The molecule has 0 amide bonds. The van der Waals surface area contributed by atoms with Crippen molar-refractivity contribution in [2.45, 2.75) is 276 Å². The predicted octanol–water partition coefficient (Wildman–Crippen LogP) is 29.2. The molecule has 11 rings (SSSR count). The highest BCUT2D eigenvalue weighted by Gasteiger charge is 2.44. The number of aromatic hydroxyl groups is 1. The smallest absolute Gasteiger partial charge is 0.210 e. The average Bonchev–Trinajstić information content (AvgIpc) is 1.59. The number of unbranched alkanes of at least 4 members (excludes halogenated alkanes) is 7. The van der Waals surface area contributed by atoms with Gasteiger partial charge in [0.15, 0.2) is 5.71 Å². The number of likely N-dealkylation sites (N-methyl/N-ethyl adjacent to an activating group) is 1. The van der Waals surface area contributed by atoms with Crippen molar-refractivity contribution in [1.82, 2.24) is 0 Å². The van der Waals surface area contributed by atoms with Gasteiger partial charge in [-0.1, -0.05) is 340 Å². The van der Waals surface area contributed by atoms with Gasteiger partial charge in [0, 0.05) is 41.6 Å². The summed E-state index contributed by atoms with van der Waals surface area (Å²) < 4.78 is 45.2. The molecule has 9 heteroatoms. The summed E-state index contributed by atoms with van der Waals surface area (Å²) in [6, 6.07) is 61.4. The Morgan fingerprint density at radius 1 is 0.495 bits per heavy atom. The van der Waals surface area contributed by atoms with Crippen LogP contribution in [0.3, 0.4) is 0 Å². The van der Waals surface area contributed by atoms with Gasteiger partial charge >= 0.3 is 0 Å². The van der Waals surface area contributed by atoms with Crippen LogP contribution < -0.4 is 14.4 Å². The van der Waals surface area contributed by atoms with Crippen molar-refractivity contribution in [3.63, 3.8) is 0 Å². The summed E-state index contributed by atoms with van der Waals surface area (Å²) in [4.78, 5) is 2.23. The SMILES string of the molecule is CC.CCC.CCC.CCC.CCCCC.CCCCC.CCCCC.CCCCOc1ccccc1.CN1/C(=C/C=C2\CCCC(/C=C/C3=[N+](C)c4ccc5ccccc5c4C3(C)C)=C2CCCOc2ccccc2)C(C)(C)c2c1ccc1ccccc21.Cc1ccc(S(=O)(=O)[O-])cc1.Oc1ccccc1. The van der Waals surface area contributed by atoms with E-state index in [0.717, 1.165) is 62.2 Å². The number of phenolic OH excluding ortho intramolecular Hbond substituents is 1. The summed E-state index contributed by atoms with van der Waals surface area (Å²) in [5.74, 6) is 2.23. The molecule has 0 saturated carbocycles. The summed E-state index contributed by atoms with van der Waals surface area (Å²) in [5, 5.41) is 13.9. The Morgan fingerprint density at radius 3 is 1.35 bits per heavy atom. The monoisotopic (exact) mass is 1480 g/mol. The lowest BCUT2D eigenvalue weighted by molar-refractivity contribution is -0.401. The summed E-state index contributed by atoms with van der Waals surface area (Å²) in [7, 11) is 0.198. The average molecular weight is 1480 g/mol. The van der Waals surface area contributed by atoms with Gasteiger partial charge in [0.25, 0.3) is 0 Å². The molecule has 0 bridgehead atoms. The fraction of sp³-hybridized carbons (Fsp3) is 0.459. The highest BCUT2D eigenvalue weighted by Crippen LogP contribution is 2.50. The number of rotatable bonds is 19. The number of phenols is 1. The van der Waals surface area contributed by atoms with Gasteiger partial charge < -0.3 is 24.0 Å². The molecule has 2 heterocycles. The van der Waals surface area contributed by atoms with Crippen LogP contribution in [0.25, 0.3) is 21.5 Å². The third kappa shape index (κ3) is 34.4. The maximum absolute atomic E-state index is 10.4. The molecule has 2 aliphatic heterocycles. The number of anilines is 1. The van der Waals surface area contributed by atoms with E-state index in [2.05, 4.69) is 238 Å². The Kier molecular flexibility index (Phi) is 51.1. The number of hydrogen-bond acceptors (Lipinski definition) is 7. The highest BCUT2D eigenvalue weighted by atomic mass is 32.2. The molecular formula is C98H144N2O6S. The van der Waals surface area contributed by atoms with Gasteiger partial charge in [0.05, 0.1) is 23.5 Å². The van der Waals surface area contributed by atoms with Crippen molar-refractivity contribution < 1.29 is 32.1 Å². The molecule has 8 aromatic rings. The van der Waals surface area contributed by atoms with Gasteiger partial charge in [-0.05, 0) is 170 Å². The first-order valence-corrected chi connectivity index (χ1v) is 42.2. The van der Waals surface area contributed by atoms with Crippen molar-refractivity contribution in [2.24, 2.45) is 0 Å². The van der Waals surface area contributed by atoms with Crippen LogP contribution in [0.4, 0.5) is 11.4 Å². The molecule has 107 heavy (non-hydrogen) atoms. The number of nitrogens with zero attached hydrogens (tertiary/aromatic N) is 2. The Balaban J connectivity index is 0.000000833. The Bertz CT molecular complexity index is 3900. The fourth-order valence-corrected chi connectivity index (χ4v) is 12.9. The molecule has 0 radical (unpaired) electrons. The lowest BCUT2D eigenvalue weighted by Gasteiger charge is -2.25. The van der Waals surface area contributed by atoms with Gasteiger partial charge in [0.2, 0.25) is 5.69 Å². The second-order valence-electron chi connectivity index (χ2n) is 28.1. The first kappa shape index (κ1) is 97.0. The summed E-state index contributed by atoms with van der Waals surface area (Å²) in [6.07, 6.45) is 33.3. The van der Waals surface area contributed by atoms with Crippen LogP contribution in [-0.4, -0.2) is 55.7 Å². The number of hydrogen-bond donors (Lipinski definition) is 1. The number of para-hydroxylation sites is 3. The van der Waals surface area contributed by atoms with E-state index in [1.54, 1.807) is 36.4 Å². The van der Waals surface area contributed by atoms with Crippen LogP contribution in [0.1, 0.15) is 270 Å². The molecule has 8 nitrogen and oxygen atoms in total. The van der Waals surface area contributed by atoms with Gasteiger partial charge in [-0.15, -0.1) is 0 Å². The number of fused-ring (bicyclic) bond motifs is 6. The minimum Gasteiger partial charge on any atom is -0.744 e. The van der Waals surface area contributed by atoms with E-state index in [0.29, 0.717) is 12.4 Å². The van der Waals surface area contributed by atoms with Crippen LogP contribution >= 0.6 is 0 Å². The standard InChI is InChI=1S/C49H51N2O.C10H14O.C7H8O3S.C6H6O.3C5H12.3C3H8.C2H6/c1-48(2)44(50(5)42-29-25-36-16-10-12-22-40(36)46(42)48)31-27-34-18-14-19-35(39(34)24-15-33-52-38-20-8-7-9-21-38)28-32-45-49(3,4)47-41-23-13-11-17-37(41)26-30-43(47)51(45)6;1-2-3-9-11-10-7-5-4-6-8-10;1-6-2-4-7(5-3-6)11(8,9)10;7-6-4-2-1-3-5-6;3*1-3-5-4-2;3*1-3-2;1-2/h7-13,16-17,20-23,25-32H,14-15,18-19,24,33H2,1-6H3;4-8H,2-3,9H2,1H3;2-5H,1H3,(H,8,9,10);1-5,7H;3*3-5H2,1-2H3;3*3H2,1-2H3;1-2H3/q+1;;;;;;;;;;/p-1. The Morgan fingerprint density at radius 2 is 0.916 bits per heavy atom. The van der Waals surface area contributed by atoms with Crippen molar-refractivity contribution in [3.8, 4) is 17.2 Å². The molecule has 0 spiro atoms. The first-order valence-electron chi connectivity index (χ1n) is 40.8. The van der Waals surface area contributed by atoms with E-state index in [4.69, 9.17) is 14.6 Å². The molecule has 588 valence electrons. The lowest BCUT2D eigenvalue weighted by atomic mass is 9.78. The summed E-state index contributed by atoms with van der Waals surface area (Å²) >= 11 is 0. The van der Waals surface area contributed by atoms with E-state index in [9.17, 15) is 13.0 Å². The van der Waals surface area contributed by atoms with E-state index in [-0.39, 0.29) is 15.7 Å². The molecule has 8 aromatic carbocycles. The van der Waals surface area contributed by atoms with E-state index < -0.39 is 10.1 Å². The zero-order valence-corrected chi connectivity index (χ0v) is 71.7. The minimum atomic E-state index is -4.27. The number of allylic oxidation sites excluding steroid dienone is 8. The Hall–Kier alpha value is -7.98. The van der Waals surface area contributed by atoms with Crippen molar-refractivity contribution in [2.75, 3.05) is 32.2 Å². The molecule has 1 aliphatic carbocycles. The number of aryl methyl sites for hydroxylation is 1. The van der Waals surface area contributed by atoms with E-state index in [1.807, 2.05) is 87.5 Å². The molecule has 1 N–H and O–H groups in total. The van der Waals surface area contributed by atoms with Crippen LogP contribution in [0.5, 0.6) is 17.2 Å². The molecular weight excluding hydrogens is 1330 g/mol. The van der Waals surface area contributed by atoms with Gasteiger partial charge in [-0.2, -0.15) is 4.58 Å². The van der Waals surface area contributed by atoms with E-state index >= 15 is 0 Å². The minimum absolute atomic E-state index is 0.110. The maximum atomic E-state index is 10.4. The van der Waals surface area contributed by atoms with Gasteiger partial charge in [-0.25, -0.2) is 8.42 Å². The molecule has 0 atom stereocenters. The third-order valence-electron chi connectivity index (χ3n) is 17.6. The first-order chi connectivity index (χ1) is 51.5. The molecule has 0 saturated heterocycles. The van der Waals surface area contributed by atoms with Crippen LogP contribution in [0.15, 0.2) is 240 Å².